The van der Waals surface area contributed by atoms with Crippen LogP contribution in [0.3, 0.4) is 0 Å². The molecule has 4 heteroatoms. The van der Waals surface area contributed by atoms with E-state index in [9.17, 15) is 4.79 Å². The number of hydrogen-bond acceptors (Lipinski definition) is 3. The number of ether oxygens (including phenoxy) is 1. The fourth-order valence-corrected chi connectivity index (χ4v) is 1.40. The third kappa shape index (κ3) is 4.17. The minimum atomic E-state index is -0.875. The van der Waals surface area contributed by atoms with Gasteiger partial charge in [-0.25, -0.2) is 0 Å². The summed E-state index contributed by atoms with van der Waals surface area (Å²) >= 11 is 0. The lowest BCUT2D eigenvalue weighted by atomic mass is 10.00. The number of aliphatic carboxylic acids is 1. The van der Waals surface area contributed by atoms with Crippen LogP contribution in [0.25, 0.3) is 0 Å². The van der Waals surface area contributed by atoms with E-state index in [2.05, 4.69) is 5.92 Å². The van der Waals surface area contributed by atoms with Crippen molar-refractivity contribution in [3.63, 3.8) is 0 Å². The van der Waals surface area contributed by atoms with Gasteiger partial charge in [-0.05, 0) is 24.1 Å². The third-order valence-corrected chi connectivity index (χ3v) is 2.36. The van der Waals surface area contributed by atoms with Gasteiger partial charge in [-0.2, -0.15) is 0 Å². The van der Waals surface area contributed by atoms with Crippen LogP contribution in [0.5, 0.6) is 5.75 Å². The van der Waals surface area contributed by atoms with Gasteiger partial charge >= 0.3 is 5.97 Å². The van der Waals surface area contributed by atoms with E-state index in [1.165, 1.54) is 0 Å². The normalized spacial score (nSPS) is 11.5. The second kappa shape index (κ2) is 6.56. The van der Waals surface area contributed by atoms with Gasteiger partial charge in [-0.1, -0.05) is 18.1 Å². The predicted octanol–water partition coefficient (Wildman–Crippen LogP) is 0.901. The summed E-state index contributed by atoms with van der Waals surface area (Å²) in [5.74, 6) is 1.62. The van der Waals surface area contributed by atoms with E-state index < -0.39 is 11.9 Å². The minimum absolute atomic E-state index is 0.130. The molecule has 0 saturated heterocycles. The van der Waals surface area contributed by atoms with Gasteiger partial charge < -0.3 is 15.6 Å². The Morgan fingerprint density at radius 3 is 2.59 bits per heavy atom. The number of carboxylic acid groups (broad SMARTS) is 1. The molecule has 1 aromatic carbocycles. The van der Waals surface area contributed by atoms with Crippen LogP contribution in [0.15, 0.2) is 24.3 Å². The van der Waals surface area contributed by atoms with Crippen LogP contribution in [0, 0.1) is 18.3 Å². The number of rotatable bonds is 6. The highest BCUT2D eigenvalue weighted by atomic mass is 16.5. The number of terminal acetylenes is 1. The van der Waals surface area contributed by atoms with E-state index in [-0.39, 0.29) is 13.2 Å². The summed E-state index contributed by atoms with van der Waals surface area (Å²) in [5.41, 5.74) is 6.30. The lowest BCUT2D eigenvalue weighted by Crippen LogP contribution is -2.25. The van der Waals surface area contributed by atoms with Gasteiger partial charge in [-0.3, -0.25) is 4.79 Å². The average Bonchev–Trinajstić information content (AvgIpc) is 2.34. The van der Waals surface area contributed by atoms with Crippen molar-refractivity contribution in [3.8, 4) is 18.1 Å². The Kier molecular flexibility index (Phi) is 5.05. The summed E-state index contributed by atoms with van der Waals surface area (Å²) in [4.78, 5) is 10.8. The van der Waals surface area contributed by atoms with Crippen LogP contribution in [-0.2, 0) is 11.2 Å². The van der Waals surface area contributed by atoms with Crippen molar-refractivity contribution in [2.45, 2.75) is 6.42 Å². The maximum Gasteiger partial charge on any atom is 0.308 e. The van der Waals surface area contributed by atoms with Crippen molar-refractivity contribution in [2.24, 2.45) is 11.7 Å². The zero-order chi connectivity index (χ0) is 12.7. The minimum Gasteiger partial charge on any atom is -0.481 e. The number of benzene rings is 1. The molecule has 3 N–H and O–H groups in total. The summed E-state index contributed by atoms with van der Waals surface area (Å²) in [7, 11) is 0. The number of hydrogen-bond donors (Lipinski definition) is 2. The van der Waals surface area contributed by atoms with Gasteiger partial charge in [0, 0.05) is 6.54 Å². The zero-order valence-electron chi connectivity index (χ0n) is 9.43. The fourth-order valence-electron chi connectivity index (χ4n) is 1.40. The molecule has 1 rings (SSSR count). The summed E-state index contributed by atoms with van der Waals surface area (Å²) in [6.07, 6.45) is 5.49. The molecule has 0 saturated carbocycles. The Morgan fingerprint density at radius 1 is 1.47 bits per heavy atom. The van der Waals surface area contributed by atoms with Gasteiger partial charge in [0.05, 0.1) is 5.92 Å². The van der Waals surface area contributed by atoms with Gasteiger partial charge in [0.25, 0.3) is 0 Å². The Hall–Kier alpha value is -1.99. The second-order valence-electron chi connectivity index (χ2n) is 3.61. The molecule has 0 radical (unpaired) electrons. The number of carboxylic acids is 1. The van der Waals surface area contributed by atoms with Crippen LogP contribution in [-0.4, -0.2) is 24.2 Å². The second-order valence-corrected chi connectivity index (χ2v) is 3.61. The molecule has 0 fully saturated rings. The Morgan fingerprint density at radius 2 is 2.12 bits per heavy atom. The van der Waals surface area contributed by atoms with Crippen LogP contribution in [0.4, 0.5) is 0 Å². The summed E-state index contributed by atoms with van der Waals surface area (Å²) in [6, 6.07) is 7.17. The molecule has 1 unspecified atom stereocenters. The van der Waals surface area contributed by atoms with Gasteiger partial charge in [0.1, 0.15) is 12.4 Å². The first kappa shape index (κ1) is 13.1. The lowest BCUT2D eigenvalue weighted by Gasteiger charge is -2.10. The fraction of sp³-hybridized carbons (Fsp3) is 0.308. The van der Waals surface area contributed by atoms with Crippen molar-refractivity contribution < 1.29 is 14.6 Å². The molecule has 0 aliphatic heterocycles. The molecule has 0 aliphatic carbocycles. The quantitative estimate of drug-likeness (QED) is 0.716. The highest BCUT2D eigenvalue weighted by Crippen LogP contribution is 2.15. The maximum absolute atomic E-state index is 10.8. The van der Waals surface area contributed by atoms with Crippen molar-refractivity contribution in [1.29, 1.82) is 0 Å². The number of nitrogens with two attached hydrogens (primary N) is 1. The van der Waals surface area contributed by atoms with Gasteiger partial charge in [0.2, 0.25) is 0 Å². The molecule has 17 heavy (non-hydrogen) atoms. The molecule has 1 aromatic rings. The average molecular weight is 233 g/mol. The van der Waals surface area contributed by atoms with Gasteiger partial charge in [-0.15, -0.1) is 6.42 Å². The molecule has 90 valence electrons. The van der Waals surface area contributed by atoms with Crippen molar-refractivity contribution in [1.82, 2.24) is 0 Å². The van der Waals surface area contributed by atoms with Crippen LogP contribution < -0.4 is 10.5 Å². The molecular formula is C13H15NO3. The molecule has 0 amide bonds. The standard InChI is InChI=1S/C13H15NO3/c1-2-7-17-12-5-3-10(4-6-12)8-11(9-14)13(15)16/h1,3-6,11H,7-9,14H2,(H,15,16). The molecular weight excluding hydrogens is 218 g/mol. The molecule has 0 spiro atoms. The first-order valence-electron chi connectivity index (χ1n) is 5.25. The topological polar surface area (TPSA) is 72.5 Å². The highest BCUT2D eigenvalue weighted by Gasteiger charge is 2.15. The first-order valence-corrected chi connectivity index (χ1v) is 5.25. The Bertz CT molecular complexity index is 406. The SMILES string of the molecule is C#CCOc1ccc(CC(CN)C(=O)O)cc1. The van der Waals surface area contributed by atoms with E-state index in [4.69, 9.17) is 22.0 Å². The highest BCUT2D eigenvalue weighted by molar-refractivity contribution is 5.70. The van der Waals surface area contributed by atoms with Crippen molar-refractivity contribution in [3.05, 3.63) is 29.8 Å². The lowest BCUT2D eigenvalue weighted by molar-refractivity contribution is -0.141. The van der Waals surface area contributed by atoms with Crippen LogP contribution >= 0.6 is 0 Å². The Labute approximate surface area is 100 Å². The summed E-state index contributed by atoms with van der Waals surface area (Å²) in [5, 5.41) is 8.88. The molecule has 0 aliphatic rings. The van der Waals surface area contributed by atoms with Crippen LogP contribution in [0.1, 0.15) is 5.56 Å². The van der Waals surface area contributed by atoms with E-state index in [1.807, 2.05) is 12.1 Å². The summed E-state index contributed by atoms with van der Waals surface area (Å²) in [6.45, 7) is 0.352. The smallest absolute Gasteiger partial charge is 0.308 e. The molecule has 0 heterocycles. The third-order valence-electron chi connectivity index (χ3n) is 2.36. The largest absolute Gasteiger partial charge is 0.481 e. The number of carbonyl (C=O) groups is 1. The van der Waals surface area contributed by atoms with Crippen molar-refractivity contribution in [2.75, 3.05) is 13.2 Å². The molecule has 4 nitrogen and oxygen atoms in total. The first-order chi connectivity index (χ1) is 8.17. The zero-order valence-corrected chi connectivity index (χ0v) is 9.43. The molecule has 1 atom stereocenters. The van der Waals surface area contributed by atoms with E-state index in [0.717, 1.165) is 5.56 Å². The van der Waals surface area contributed by atoms with E-state index >= 15 is 0 Å². The monoisotopic (exact) mass is 233 g/mol. The predicted molar refractivity (Wildman–Crippen MR) is 64.7 cm³/mol. The van der Waals surface area contributed by atoms with Crippen LogP contribution in [0.2, 0.25) is 0 Å². The maximum atomic E-state index is 10.8. The summed E-state index contributed by atoms with van der Waals surface area (Å²) < 4.78 is 5.21. The van der Waals surface area contributed by atoms with E-state index in [0.29, 0.717) is 12.2 Å². The van der Waals surface area contributed by atoms with Gasteiger partial charge in [0.15, 0.2) is 0 Å². The molecule has 0 aromatic heterocycles. The van der Waals surface area contributed by atoms with E-state index in [1.54, 1.807) is 12.1 Å². The Balaban J connectivity index is 2.61. The van der Waals surface area contributed by atoms with Crippen molar-refractivity contribution >= 4 is 5.97 Å². The molecule has 0 bridgehead atoms.